The summed E-state index contributed by atoms with van der Waals surface area (Å²) < 4.78 is 5.20. The summed E-state index contributed by atoms with van der Waals surface area (Å²) in [5, 5.41) is 2.99. The molecular formula is C22H28N2O2. The van der Waals surface area contributed by atoms with Crippen LogP contribution >= 0.6 is 0 Å². The van der Waals surface area contributed by atoms with Crippen LogP contribution in [-0.2, 0) is 11.2 Å². The minimum Gasteiger partial charge on any atom is -0.497 e. The van der Waals surface area contributed by atoms with Gasteiger partial charge in [-0.3, -0.25) is 4.79 Å². The molecule has 1 aliphatic heterocycles. The Morgan fingerprint density at radius 3 is 2.62 bits per heavy atom. The fraction of sp³-hybridized carbons (Fsp3) is 0.409. The number of benzene rings is 2. The van der Waals surface area contributed by atoms with Crippen LogP contribution in [0.25, 0.3) is 0 Å². The third-order valence-electron chi connectivity index (χ3n) is 5.09. The fourth-order valence-electron chi connectivity index (χ4n) is 3.52. The van der Waals surface area contributed by atoms with Crippen LogP contribution in [-0.4, -0.2) is 37.6 Å². The highest BCUT2D eigenvalue weighted by Gasteiger charge is 2.21. The third-order valence-corrected chi connectivity index (χ3v) is 5.09. The van der Waals surface area contributed by atoms with Crippen molar-refractivity contribution in [2.45, 2.75) is 25.7 Å². The van der Waals surface area contributed by atoms with Crippen LogP contribution in [0, 0.1) is 5.92 Å². The Kier molecular flexibility index (Phi) is 6.67. The first-order chi connectivity index (χ1) is 12.7. The Morgan fingerprint density at radius 1 is 1.12 bits per heavy atom. The molecule has 0 saturated carbocycles. The van der Waals surface area contributed by atoms with Gasteiger partial charge in [0, 0.05) is 24.7 Å². The van der Waals surface area contributed by atoms with Crippen molar-refractivity contribution in [2.24, 2.45) is 5.92 Å². The molecule has 26 heavy (non-hydrogen) atoms. The van der Waals surface area contributed by atoms with E-state index in [-0.39, 0.29) is 5.91 Å². The Labute approximate surface area is 156 Å². The molecule has 0 radical (unpaired) electrons. The molecule has 0 aliphatic carbocycles. The molecular weight excluding hydrogens is 324 g/mol. The van der Waals surface area contributed by atoms with Gasteiger partial charge in [0.2, 0.25) is 5.91 Å². The van der Waals surface area contributed by atoms with Crippen molar-refractivity contribution in [2.75, 3.05) is 32.1 Å². The number of rotatable bonds is 7. The lowest BCUT2D eigenvalue weighted by atomic mass is 9.93. The molecule has 3 rings (SSSR count). The van der Waals surface area contributed by atoms with E-state index >= 15 is 0 Å². The number of nitrogens with one attached hydrogen (secondary N) is 1. The summed E-state index contributed by atoms with van der Waals surface area (Å²) in [6.07, 6.45) is 3.90. The number of nitrogens with zero attached hydrogens (tertiary/aromatic N) is 1. The summed E-state index contributed by atoms with van der Waals surface area (Å²) in [7, 11) is 1.63. The molecule has 1 N–H and O–H groups in total. The second-order valence-electron chi connectivity index (χ2n) is 7.00. The molecule has 2 aromatic carbocycles. The fourth-order valence-corrected chi connectivity index (χ4v) is 3.52. The lowest BCUT2D eigenvalue weighted by Crippen LogP contribution is -2.36. The average Bonchev–Trinajstić information content (AvgIpc) is 2.68. The van der Waals surface area contributed by atoms with E-state index in [0.29, 0.717) is 12.3 Å². The quantitative estimate of drug-likeness (QED) is 0.819. The van der Waals surface area contributed by atoms with Crippen molar-refractivity contribution >= 4 is 11.6 Å². The van der Waals surface area contributed by atoms with Crippen LogP contribution in [0.5, 0.6) is 5.75 Å². The van der Waals surface area contributed by atoms with E-state index in [0.717, 1.165) is 50.3 Å². The summed E-state index contributed by atoms with van der Waals surface area (Å²) >= 11 is 0. The number of hydrogen-bond acceptors (Lipinski definition) is 3. The van der Waals surface area contributed by atoms with Crippen molar-refractivity contribution < 1.29 is 9.53 Å². The second-order valence-corrected chi connectivity index (χ2v) is 7.00. The van der Waals surface area contributed by atoms with Crippen LogP contribution in [0.4, 0.5) is 5.69 Å². The molecule has 1 aliphatic rings. The maximum absolute atomic E-state index is 12.3. The predicted molar refractivity (Wildman–Crippen MR) is 106 cm³/mol. The van der Waals surface area contributed by atoms with Crippen LogP contribution in [0.3, 0.4) is 0 Å². The van der Waals surface area contributed by atoms with Crippen LogP contribution in [0.1, 0.15) is 24.8 Å². The maximum Gasteiger partial charge on any atom is 0.224 e. The predicted octanol–water partition coefficient (Wildman–Crippen LogP) is 3.98. The summed E-state index contributed by atoms with van der Waals surface area (Å²) in [5.41, 5.74) is 2.20. The van der Waals surface area contributed by atoms with Crippen molar-refractivity contribution in [3.8, 4) is 5.75 Å². The largest absolute Gasteiger partial charge is 0.497 e. The van der Waals surface area contributed by atoms with Gasteiger partial charge in [-0.2, -0.15) is 0 Å². The molecule has 0 aromatic heterocycles. The molecule has 0 bridgehead atoms. The lowest BCUT2D eigenvalue weighted by molar-refractivity contribution is -0.117. The van der Waals surface area contributed by atoms with Gasteiger partial charge in [-0.05, 0) is 56.0 Å². The Hall–Kier alpha value is -2.33. The molecule has 4 nitrogen and oxygen atoms in total. The van der Waals surface area contributed by atoms with Gasteiger partial charge in [-0.15, -0.1) is 0 Å². The summed E-state index contributed by atoms with van der Waals surface area (Å²) in [4.78, 5) is 14.8. The molecule has 1 heterocycles. The average molecular weight is 352 g/mol. The number of ether oxygens (including phenoxy) is 1. The number of carbonyl (C=O) groups is 1. The molecule has 2 aromatic rings. The van der Waals surface area contributed by atoms with Crippen molar-refractivity contribution in [1.82, 2.24) is 4.90 Å². The molecule has 0 atom stereocenters. The molecule has 0 unspecified atom stereocenters. The van der Waals surface area contributed by atoms with Gasteiger partial charge in [0.05, 0.1) is 7.11 Å². The van der Waals surface area contributed by atoms with Crippen LogP contribution in [0.15, 0.2) is 54.6 Å². The van der Waals surface area contributed by atoms with E-state index in [4.69, 9.17) is 4.74 Å². The number of amides is 1. The van der Waals surface area contributed by atoms with Crippen LogP contribution < -0.4 is 10.1 Å². The first kappa shape index (κ1) is 18.5. The highest BCUT2D eigenvalue weighted by molar-refractivity contribution is 5.91. The zero-order valence-corrected chi connectivity index (χ0v) is 15.5. The highest BCUT2D eigenvalue weighted by atomic mass is 16.5. The zero-order valence-electron chi connectivity index (χ0n) is 15.5. The monoisotopic (exact) mass is 352 g/mol. The number of hydrogen-bond donors (Lipinski definition) is 1. The second kappa shape index (κ2) is 9.39. The van der Waals surface area contributed by atoms with Gasteiger partial charge in [0.1, 0.15) is 5.75 Å². The Morgan fingerprint density at radius 2 is 1.88 bits per heavy atom. The van der Waals surface area contributed by atoms with Crippen LogP contribution in [0.2, 0.25) is 0 Å². The van der Waals surface area contributed by atoms with Gasteiger partial charge < -0.3 is 15.0 Å². The molecule has 1 saturated heterocycles. The minimum atomic E-state index is 0.0981. The number of carbonyl (C=O) groups excluding carboxylic acids is 1. The SMILES string of the molecule is COc1cccc(NC(=O)CC2CCN(CCc3ccccc3)CC2)c1. The first-order valence-corrected chi connectivity index (χ1v) is 9.43. The third kappa shape index (κ3) is 5.60. The number of piperidine rings is 1. The molecule has 1 fully saturated rings. The van der Waals surface area contributed by atoms with E-state index in [2.05, 4.69) is 40.5 Å². The number of likely N-dealkylation sites (tertiary alicyclic amines) is 1. The van der Waals surface area contributed by atoms with E-state index in [9.17, 15) is 4.79 Å². The van der Waals surface area contributed by atoms with Gasteiger partial charge in [-0.25, -0.2) is 0 Å². The zero-order chi connectivity index (χ0) is 18.2. The van der Waals surface area contributed by atoms with Gasteiger partial charge >= 0.3 is 0 Å². The Balaban J connectivity index is 1.38. The van der Waals surface area contributed by atoms with Gasteiger partial charge in [0.25, 0.3) is 0 Å². The minimum absolute atomic E-state index is 0.0981. The molecule has 0 spiro atoms. The van der Waals surface area contributed by atoms with Crippen molar-refractivity contribution in [3.05, 3.63) is 60.2 Å². The normalized spacial score (nSPS) is 15.6. The summed E-state index contributed by atoms with van der Waals surface area (Å²) in [5.74, 6) is 1.34. The number of methoxy groups -OCH3 is 1. The van der Waals surface area contributed by atoms with Crippen molar-refractivity contribution in [1.29, 1.82) is 0 Å². The van der Waals surface area contributed by atoms with E-state index in [1.807, 2.05) is 24.3 Å². The summed E-state index contributed by atoms with van der Waals surface area (Å²) in [6, 6.07) is 18.2. The molecule has 4 heteroatoms. The lowest BCUT2D eigenvalue weighted by Gasteiger charge is -2.31. The van der Waals surface area contributed by atoms with E-state index in [1.54, 1.807) is 7.11 Å². The van der Waals surface area contributed by atoms with E-state index in [1.165, 1.54) is 5.56 Å². The first-order valence-electron chi connectivity index (χ1n) is 9.43. The standard InChI is InChI=1S/C22H28N2O2/c1-26-21-9-5-8-20(17-21)23-22(25)16-19-11-14-24(15-12-19)13-10-18-6-3-2-4-7-18/h2-9,17,19H,10-16H2,1H3,(H,23,25). The maximum atomic E-state index is 12.3. The van der Waals surface area contributed by atoms with Gasteiger partial charge in [0.15, 0.2) is 0 Å². The van der Waals surface area contributed by atoms with Crippen molar-refractivity contribution in [3.63, 3.8) is 0 Å². The van der Waals surface area contributed by atoms with Gasteiger partial charge in [-0.1, -0.05) is 36.4 Å². The number of anilines is 1. The topological polar surface area (TPSA) is 41.6 Å². The summed E-state index contributed by atoms with van der Waals surface area (Å²) in [6.45, 7) is 3.28. The Bertz CT molecular complexity index is 694. The smallest absolute Gasteiger partial charge is 0.224 e. The van der Waals surface area contributed by atoms with E-state index < -0.39 is 0 Å². The molecule has 1 amide bonds. The highest BCUT2D eigenvalue weighted by Crippen LogP contribution is 2.22. The molecule has 138 valence electrons.